The lowest BCUT2D eigenvalue weighted by Gasteiger charge is -2.32. The molecule has 0 fully saturated rings. The minimum absolute atomic E-state index is 0.0545. The Morgan fingerprint density at radius 2 is 1.80 bits per heavy atom. The van der Waals surface area contributed by atoms with Crippen molar-refractivity contribution in [2.45, 2.75) is 46.2 Å². The molecule has 0 saturated carbocycles. The first kappa shape index (κ1) is 24.7. The van der Waals surface area contributed by atoms with Gasteiger partial charge in [0.2, 0.25) is 5.91 Å². The Bertz CT molecular complexity index is 1180. The van der Waals surface area contributed by atoms with Gasteiger partial charge in [-0.1, -0.05) is 44.0 Å². The van der Waals surface area contributed by atoms with Gasteiger partial charge in [-0.2, -0.15) is 5.10 Å². The molecule has 186 valence electrons. The first-order chi connectivity index (χ1) is 16.9. The molecule has 0 radical (unpaired) electrons. The molecule has 2 aromatic carbocycles. The molecule has 3 aromatic rings. The number of benzene rings is 2. The highest BCUT2D eigenvalue weighted by Gasteiger charge is 2.27. The Hall–Kier alpha value is -3.39. The van der Waals surface area contributed by atoms with Gasteiger partial charge in [0.25, 0.3) is 5.91 Å². The Balaban J connectivity index is 1.52. The minimum atomic E-state index is -0.0744. The third-order valence-corrected chi connectivity index (χ3v) is 6.78. The van der Waals surface area contributed by atoms with Gasteiger partial charge in [-0.15, -0.1) is 0 Å². The molecule has 8 heteroatoms. The Morgan fingerprint density at radius 1 is 1.09 bits per heavy atom. The van der Waals surface area contributed by atoms with Crippen LogP contribution in [0.4, 0.5) is 5.69 Å². The topological polar surface area (TPSA) is 73.7 Å². The van der Waals surface area contributed by atoms with Crippen molar-refractivity contribution in [2.24, 2.45) is 7.05 Å². The van der Waals surface area contributed by atoms with E-state index in [2.05, 4.69) is 35.5 Å². The van der Waals surface area contributed by atoms with Gasteiger partial charge in [0.05, 0.1) is 24.8 Å². The van der Waals surface area contributed by atoms with Crippen LogP contribution in [0.1, 0.15) is 42.9 Å². The van der Waals surface area contributed by atoms with Crippen LogP contribution in [0.2, 0.25) is 0 Å². The van der Waals surface area contributed by atoms with Gasteiger partial charge in [0, 0.05) is 44.8 Å². The monoisotopic (exact) mass is 476 g/mol. The zero-order chi connectivity index (χ0) is 24.9. The number of nitrogens with one attached hydrogen (secondary N) is 1. The molecule has 0 atom stereocenters. The van der Waals surface area contributed by atoms with E-state index in [4.69, 9.17) is 0 Å². The van der Waals surface area contributed by atoms with Gasteiger partial charge in [-0.3, -0.25) is 19.3 Å². The molecule has 0 bridgehead atoms. The lowest BCUT2D eigenvalue weighted by Crippen LogP contribution is -2.48. The number of unbranched alkanes of at least 4 members (excludes halogenated alkanes) is 2. The van der Waals surface area contributed by atoms with Gasteiger partial charge >= 0.3 is 0 Å². The molecular formula is C27H36N6O2. The second kappa shape index (κ2) is 10.9. The van der Waals surface area contributed by atoms with Crippen LogP contribution in [0, 0.1) is 6.92 Å². The van der Waals surface area contributed by atoms with Crippen LogP contribution in [0.15, 0.2) is 42.6 Å². The van der Waals surface area contributed by atoms with E-state index in [0.717, 1.165) is 41.4 Å². The molecule has 0 unspecified atom stereocenters. The van der Waals surface area contributed by atoms with Crippen molar-refractivity contribution in [3.05, 3.63) is 59.3 Å². The third-order valence-electron chi connectivity index (χ3n) is 6.78. The smallest absolute Gasteiger partial charge is 0.256 e. The summed E-state index contributed by atoms with van der Waals surface area (Å²) in [6.07, 6.45) is 4.98. The van der Waals surface area contributed by atoms with E-state index in [1.807, 2.05) is 60.0 Å². The number of carbonyl (C=O) groups is 2. The van der Waals surface area contributed by atoms with Crippen molar-refractivity contribution < 1.29 is 9.59 Å². The fourth-order valence-corrected chi connectivity index (χ4v) is 4.65. The number of likely N-dealkylation sites (N-methyl/N-ethyl adjacent to an activating group) is 1. The summed E-state index contributed by atoms with van der Waals surface area (Å²) < 4.78 is 1.82. The summed E-state index contributed by atoms with van der Waals surface area (Å²) >= 11 is 0. The van der Waals surface area contributed by atoms with E-state index in [9.17, 15) is 9.59 Å². The van der Waals surface area contributed by atoms with Crippen molar-refractivity contribution in [3.63, 3.8) is 0 Å². The predicted octanol–water partition coefficient (Wildman–Crippen LogP) is 3.38. The van der Waals surface area contributed by atoms with Crippen LogP contribution in [0.5, 0.6) is 0 Å². The average Bonchev–Trinajstić information content (AvgIpc) is 3.43. The molecular weight excluding hydrogens is 440 g/mol. The van der Waals surface area contributed by atoms with Crippen molar-refractivity contribution in [2.75, 3.05) is 31.6 Å². The summed E-state index contributed by atoms with van der Waals surface area (Å²) in [5, 5.41) is 12.2. The fourth-order valence-electron chi connectivity index (χ4n) is 4.65. The molecule has 0 aliphatic carbocycles. The van der Waals surface area contributed by atoms with Gasteiger partial charge in [0.1, 0.15) is 0 Å². The maximum absolute atomic E-state index is 13.4. The molecule has 4 rings (SSSR count). The number of hydrogen-bond acceptors (Lipinski definition) is 5. The second-order valence-electron chi connectivity index (χ2n) is 9.39. The number of hydrazine groups is 1. The molecule has 1 aliphatic rings. The number of aromatic nitrogens is 2. The summed E-state index contributed by atoms with van der Waals surface area (Å²) in [5.41, 5.74) is 5.33. The number of hydrogen-bond donors (Lipinski definition) is 1. The van der Waals surface area contributed by atoms with Crippen molar-refractivity contribution in [1.82, 2.24) is 25.1 Å². The quantitative estimate of drug-likeness (QED) is 0.454. The third kappa shape index (κ3) is 5.65. The lowest BCUT2D eigenvalue weighted by atomic mass is 10.1. The predicted molar refractivity (Wildman–Crippen MR) is 139 cm³/mol. The van der Waals surface area contributed by atoms with Gasteiger partial charge in [-0.05, 0) is 42.2 Å². The molecule has 0 spiro atoms. The largest absolute Gasteiger partial charge is 0.355 e. The van der Waals surface area contributed by atoms with Crippen molar-refractivity contribution in [3.8, 4) is 0 Å². The van der Waals surface area contributed by atoms with Gasteiger partial charge < -0.3 is 10.2 Å². The van der Waals surface area contributed by atoms with Crippen LogP contribution >= 0.6 is 0 Å². The van der Waals surface area contributed by atoms with E-state index in [-0.39, 0.29) is 24.9 Å². The maximum atomic E-state index is 13.4. The van der Waals surface area contributed by atoms with Gasteiger partial charge in [-0.25, -0.2) is 5.01 Å². The van der Waals surface area contributed by atoms with Gasteiger partial charge in [0.15, 0.2) is 0 Å². The standard InChI is InChI=1S/C27H36N6O2/c1-5-6-9-12-28-26(34)18-32(24-14-25-23(13-20(24)2)15-29-30(25)3)19-27(35)31(4)33-16-21-10-7-8-11-22(21)17-33/h7-8,10-11,13-15H,5-6,9,12,16-19H2,1-4H3,(H,28,34). The summed E-state index contributed by atoms with van der Waals surface area (Å²) in [5.74, 6) is -0.129. The fraction of sp³-hybridized carbons (Fsp3) is 0.444. The van der Waals surface area contributed by atoms with E-state index in [1.165, 1.54) is 11.1 Å². The number of anilines is 1. The maximum Gasteiger partial charge on any atom is 0.256 e. The number of carbonyl (C=O) groups excluding carboxylic acids is 2. The van der Waals surface area contributed by atoms with Crippen LogP contribution in [-0.4, -0.2) is 58.3 Å². The zero-order valence-corrected chi connectivity index (χ0v) is 21.3. The number of amides is 2. The van der Waals surface area contributed by atoms with Crippen molar-refractivity contribution >= 4 is 28.4 Å². The molecule has 35 heavy (non-hydrogen) atoms. The van der Waals surface area contributed by atoms with Crippen LogP contribution in [0.3, 0.4) is 0 Å². The Labute approximate surface area is 207 Å². The second-order valence-corrected chi connectivity index (χ2v) is 9.39. The Morgan fingerprint density at radius 3 is 2.49 bits per heavy atom. The normalized spacial score (nSPS) is 13.1. The first-order valence-corrected chi connectivity index (χ1v) is 12.4. The van der Waals surface area contributed by atoms with Crippen LogP contribution in [-0.2, 0) is 29.7 Å². The summed E-state index contributed by atoms with van der Waals surface area (Å²) in [6, 6.07) is 12.4. The van der Waals surface area contributed by atoms with Crippen LogP contribution < -0.4 is 10.2 Å². The number of rotatable bonds is 10. The van der Waals surface area contributed by atoms with E-state index in [0.29, 0.717) is 19.6 Å². The number of aryl methyl sites for hydroxylation is 2. The number of nitrogens with zero attached hydrogens (tertiary/aromatic N) is 5. The zero-order valence-electron chi connectivity index (χ0n) is 21.3. The molecule has 8 nitrogen and oxygen atoms in total. The van der Waals surface area contributed by atoms with E-state index >= 15 is 0 Å². The highest BCUT2D eigenvalue weighted by Crippen LogP contribution is 2.27. The first-order valence-electron chi connectivity index (χ1n) is 12.4. The summed E-state index contributed by atoms with van der Waals surface area (Å²) in [4.78, 5) is 28.2. The Kier molecular flexibility index (Phi) is 7.70. The molecule has 1 N–H and O–H groups in total. The molecule has 1 aliphatic heterocycles. The molecule has 2 heterocycles. The highest BCUT2D eigenvalue weighted by atomic mass is 16.2. The summed E-state index contributed by atoms with van der Waals surface area (Å²) in [6.45, 7) is 6.44. The molecule has 0 saturated heterocycles. The van der Waals surface area contributed by atoms with Crippen molar-refractivity contribution in [1.29, 1.82) is 0 Å². The average molecular weight is 477 g/mol. The molecule has 2 amide bonds. The van der Waals surface area contributed by atoms with Crippen LogP contribution in [0.25, 0.3) is 10.9 Å². The minimum Gasteiger partial charge on any atom is -0.355 e. The number of fused-ring (bicyclic) bond motifs is 2. The summed E-state index contributed by atoms with van der Waals surface area (Å²) in [7, 11) is 3.71. The van der Waals surface area contributed by atoms with E-state index in [1.54, 1.807) is 5.01 Å². The lowest BCUT2D eigenvalue weighted by molar-refractivity contribution is -0.145. The van der Waals surface area contributed by atoms with E-state index < -0.39 is 0 Å². The SMILES string of the molecule is CCCCCNC(=O)CN(CC(=O)N(C)N1Cc2ccccc2C1)c1cc2c(cnn2C)cc1C. The molecule has 1 aromatic heterocycles. The highest BCUT2D eigenvalue weighted by molar-refractivity contribution is 5.90.